The molecular weight excluding hydrogens is 290 g/mol. The highest BCUT2D eigenvalue weighted by Gasteiger charge is 2.20. The quantitative estimate of drug-likeness (QED) is 0.892. The second kappa shape index (κ2) is 7.99. The first-order chi connectivity index (χ1) is 11.2. The Hall–Kier alpha value is -1.30. The molecule has 0 aliphatic carbocycles. The molecule has 2 saturated heterocycles. The van der Waals surface area contributed by atoms with Gasteiger partial charge in [0.2, 0.25) is 0 Å². The van der Waals surface area contributed by atoms with Gasteiger partial charge < -0.3 is 19.7 Å². The highest BCUT2D eigenvalue weighted by molar-refractivity contribution is 5.43. The maximum atomic E-state index is 6.27. The van der Waals surface area contributed by atoms with Crippen molar-refractivity contribution in [1.82, 2.24) is 15.1 Å². The van der Waals surface area contributed by atoms with E-state index in [1.165, 1.54) is 5.56 Å². The Kier molecular flexibility index (Phi) is 5.75. The number of methoxy groups -OCH3 is 1. The van der Waals surface area contributed by atoms with Gasteiger partial charge in [-0.15, -0.1) is 0 Å². The van der Waals surface area contributed by atoms with Crippen molar-refractivity contribution in [2.75, 3.05) is 53.4 Å². The summed E-state index contributed by atoms with van der Waals surface area (Å²) >= 11 is 0. The van der Waals surface area contributed by atoms with Gasteiger partial charge >= 0.3 is 0 Å². The van der Waals surface area contributed by atoms with Crippen LogP contribution in [-0.4, -0.2) is 69.3 Å². The summed E-state index contributed by atoms with van der Waals surface area (Å²) in [4.78, 5) is 4.84. The summed E-state index contributed by atoms with van der Waals surface area (Å²) in [5.41, 5.74) is 1.30. The van der Waals surface area contributed by atoms with Crippen LogP contribution in [0.3, 0.4) is 0 Å². The van der Waals surface area contributed by atoms with E-state index in [-0.39, 0.29) is 0 Å². The average Bonchev–Trinajstić information content (AvgIpc) is 2.58. The molecule has 0 spiro atoms. The summed E-state index contributed by atoms with van der Waals surface area (Å²) in [5, 5.41) is 3.40. The number of likely N-dealkylation sites (tertiary alicyclic amines) is 1. The Morgan fingerprint density at radius 2 is 1.83 bits per heavy atom. The number of piperidine rings is 1. The minimum absolute atomic E-state index is 0.300. The SMILES string of the molecule is COc1ccc(CN2CCNCC2)cc1OC1CCN(C)CC1. The Labute approximate surface area is 139 Å². The standard InChI is InChI=1S/C18H29N3O2/c1-20-9-5-16(6-10-20)23-18-13-15(3-4-17(18)22-2)14-21-11-7-19-8-12-21/h3-4,13,16,19H,5-12,14H2,1-2H3. The predicted octanol–water partition coefficient (Wildman–Crippen LogP) is 1.57. The maximum absolute atomic E-state index is 6.27. The first kappa shape index (κ1) is 16.6. The van der Waals surface area contributed by atoms with E-state index >= 15 is 0 Å². The van der Waals surface area contributed by atoms with Gasteiger partial charge in [-0.05, 0) is 37.6 Å². The van der Waals surface area contributed by atoms with E-state index in [4.69, 9.17) is 9.47 Å². The van der Waals surface area contributed by atoms with E-state index in [1.54, 1.807) is 7.11 Å². The minimum Gasteiger partial charge on any atom is -0.493 e. The third-order valence-corrected chi connectivity index (χ3v) is 4.80. The van der Waals surface area contributed by atoms with E-state index in [2.05, 4.69) is 34.3 Å². The lowest BCUT2D eigenvalue weighted by Crippen LogP contribution is -2.42. The molecule has 5 nitrogen and oxygen atoms in total. The molecule has 2 heterocycles. The molecule has 2 aliphatic heterocycles. The summed E-state index contributed by atoms with van der Waals surface area (Å²) in [6.45, 7) is 7.56. The third kappa shape index (κ3) is 4.59. The van der Waals surface area contributed by atoms with Crippen LogP contribution in [0, 0.1) is 0 Å². The lowest BCUT2D eigenvalue weighted by Gasteiger charge is -2.30. The molecule has 128 valence electrons. The van der Waals surface area contributed by atoms with Crippen LogP contribution < -0.4 is 14.8 Å². The molecule has 0 aromatic heterocycles. The second-order valence-corrected chi connectivity index (χ2v) is 6.63. The highest BCUT2D eigenvalue weighted by atomic mass is 16.5. The van der Waals surface area contributed by atoms with Crippen LogP contribution >= 0.6 is 0 Å². The monoisotopic (exact) mass is 319 g/mol. The summed E-state index contributed by atoms with van der Waals surface area (Å²) in [6.07, 6.45) is 2.47. The van der Waals surface area contributed by atoms with Crippen LogP contribution in [0.5, 0.6) is 11.5 Å². The van der Waals surface area contributed by atoms with Crippen molar-refractivity contribution in [3.05, 3.63) is 23.8 Å². The van der Waals surface area contributed by atoms with Crippen molar-refractivity contribution < 1.29 is 9.47 Å². The molecule has 0 bridgehead atoms. The molecule has 0 radical (unpaired) electrons. The summed E-state index contributed by atoms with van der Waals surface area (Å²) in [5.74, 6) is 1.74. The summed E-state index contributed by atoms with van der Waals surface area (Å²) < 4.78 is 11.8. The number of hydrogen-bond donors (Lipinski definition) is 1. The zero-order chi connectivity index (χ0) is 16.1. The van der Waals surface area contributed by atoms with Crippen molar-refractivity contribution >= 4 is 0 Å². The van der Waals surface area contributed by atoms with Crippen molar-refractivity contribution in [3.63, 3.8) is 0 Å². The molecule has 1 aromatic rings. The molecule has 2 aliphatic rings. The maximum Gasteiger partial charge on any atom is 0.161 e. The molecule has 0 atom stereocenters. The van der Waals surface area contributed by atoms with E-state index in [0.29, 0.717) is 6.10 Å². The first-order valence-corrected chi connectivity index (χ1v) is 8.70. The van der Waals surface area contributed by atoms with Gasteiger partial charge in [-0.25, -0.2) is 0 Å². The highest BCUT2D eigenvalue weighted by Crippen LogP contribution is 2.31. The van der Waals surface area contributed by atoms with Crippen LogP contribution in [-0.2, 0) is 6.54 Å². The van der Waals surface area contributed by atoms with Crippen LogP contribution in [0.25, 0.3) is 0 Å². The van der Waals surface area contributed by atoms with E-state index in [9.17, 15) is 0 Å². The third-order valence-electron chi connectivity index (χ3n) is 4.80. The molecule has 5 heteroatoms. The Morgan fingerprint density at radius 1 is 1.09 bits per heavy atom. The molecule has 0 amide bonds. The first-order valence-electron chi connectivity index (χ1n) is 8.70. The minimum atomic E-state index is 0.300. The Bertz CT molecular complexity index is 495. The van der Waals surface area contributed by atoms with Crippen molar-refractivity contribution in [2.24, 2.45) is 0 Å². The molecule has 1 N–H and O–H groups in total. The molecule has 2 fully saturated rings. The van der Waals surface area contributed by atoms with Crippen molar-refractivity contribution in [1.29, 1.82) is 0 Å². The number of ether oxygens (including phenoxy) is 2. The van der Waals surface area contributed by atoms with Crippen LogP contribution in [0.1, 0.15) is 18.4 Å². The number of hydrogen-bond acceptors (Lipinski definition) is 5. The molecule has 0 unspecified atom stereocenters. The second-order valence-electron chi connectivity index (χ2n) is 6.63. The van der Waals surface area contributed by atoms with Gasteiger partial charge in [0.15, 0.2) is 11.5 Å². The molecular formula is C18H29N3O2. The van der Waals surface area contributed by atoms with E-state index in [1.807, 2.05) is 6.07 Å². The molecule has 0 saturated carbocycles. The predicted molar refractivity (Wildman–Crippen MR) is 92.3 cm³/mol. The fourth-order valence-electron chi connectivity index (χ4n) is 3.32. The van der Waals surface area contributed by atoms with Gasteiger partial charge in [0.05, 0.1) is 7.11 Å². The van der Waals surface area contributed by atoms with Crippen LogP contribution in [0.15, 0.2) is 18.2 Å². The van der Waals surface area contributed by atoms with Gasteiger partial charge in [0.1, 0.15) is 6.10 Å². The Morgan fingerprint density at radius 3 is 2.52 bits per heavy atom. The zero-order valence-electron chi connectivity index (χ0n) is 14.4. The van der Waals surface area contributed by atoms with E-state index < -0.39 is 0 Å². The lowest BCUT2D eigenvalue weighted by molar-refractivity contribution is 0.111. The van der Waals surface area contributed by atoms with Crippen LogP contribution in [0.4, 0.5) is 0 Å². The fraction of sp³-hybridized carbons (Fsp3) is 0.667. The topological polar surface area (TPSA) is 37.0 Å². The Balaban J connectivity index is 1.65. The number of nitrogens with one attached hydrogen (secondary N) is 1. The normalized spacial score (nSPS) is 21.3. The number of rotatable bonds is 5. The van der Waals surface area contributed by atoms with Crippen molar-refractivity contribution in [3.8, 4) is 11.5 Å². The van der Waals surface area contributed by atoms with Gasteiger partial charge in [-0.1, -0.05) is 6.07 Å². The summed E-state index contributed by atoms with van der Waals surface area (Å²) in [6, 6.07) is 6.36. The van der Waals surface area contributed by atoms with Gasteiger partial charge in [-0.3, -0.25) is 4.90 Å². The van der Waals surface area contributed by atoms with Crippen LogP contribution in [0.2, 0.25) is 0 Å². The fourth-order valence-corrected chi connectivity index (χ4v) is 3.32. The van der Waals surface area contributed by atoms with Gasteiger partial charge in [0, 0.05) is 45.8 Å². The molecule has 3 rings (SSSR count). The largest absolute Gasteiger partial charge is 0.493 e. The zero-order valence-corrected chi connectivity index (χ0v) is 14.4. The number of benzene rings is 1. The molecule has 1 aromatic carbocycles. The van der Waals surface area contributed by atoms with Crippen molar-refractivity contribution in [2.45, 2.75) is 25.5 Å². The number of piperazine rings is 1. The smallest absolute Gasteiger partial charge is 0.161 e. The van der Waals surface area contributed by atoms with E-state index in [0.717, 1.165) is 70.2 Å². The average molecular weight is 319 g/mol. The number of nitrogens with zero attached hydrogens (tertiary/aromatic N) is 2. The van der Waals surface area contributed by atoms with Gasteiger partial charge in [-0.2, -0.15) is 0 Å². The molecule has 23 heavy (non-hydrogen) atoms. The lowest BCUT2D eigenvalue weighted by atomic mass is 10.1. The van der Waals surface area contributed by atoms with Gasteiger partial charge in [0.25, 0.3) is 0 Å². The summed E-state index contributed by atoms with van der Waals surface area (Å²) in [7, 11) is 3.89.